The van der Waals surface area contributed by atoms with Crippen molar-refractivity contribution in [3.05, 3.63) is 34.6 Å². The number of benzene rings is 1. The molecule has 1 aromatic rings. The maximum atomic E-state index is 13.8. The van der Waals surface area contributed by atoms with E-state index < -0.39 is 0 Å². The maximum Gasteiger partial charge on any atom is 0.145 e. The Morgan fingerprint density at radius 1 is 1.50 bits per heavy atom. The van der Waals surface area contributed by atoms with E-state index in [0.717, 1.165) is 25.8 Å². The van der Waals surface area contributed by atoms with Crippen molar-refractivity contribution in [3.8, 4) is 12.3 Å². The summed E-state index contributed by atoms with van der Waals surface area (Å²) in [6.07, 6.45) is 8.55. The van der Waals surface area contributed by atoms with Crippen LogP contribution < -0.4 is 5.32 Å². The Kier molecular flexibility index (Phi) is 6.78. The summed E-state index contributed by atoms with van der Waals surface area (Å²) in [5.41, 5.74) is 0.661. The van der Waals surface area contributed by atoms with Gasteiger partial charge in [-0.3, -0.25) is 0 Å². The number of nitrogens with one attached hydrogen (secondary N) is 1. The summed E-state index contributed by atoms with van der Waals surface area (Å²) in [7, 11) is 0. The van der Waals surface area contributed by atoms with Crippen molar-refractivity contribution >= 4 is 11.6 Å². The lowest BCUT2D eigenvalue weighted by atomic mass is 10.0. The van der Waals surface area contributed by atoms with Gasteiger partial charge in [0.15, 0.2) is 0 Å². The number of likely N-dealkylation sites (N-methyl/N-ethyl adjacent to an activating group) is 1. The van der Waals surface area contributed by atoms with Crippen LogP contribution in [0.25, 0.3) is 0 Å². The van der Waals surface area contributed by atoms with Crippen molar-refractivity contribution in [2.24, 2.45) is 0 Å². The Morgan fingerprint density at radius 3 is 2.94 bits per heavy atom. The molecule has 0 fully saturated rings. The highest BCUT2D eigenvalue weighted by Gasteiger charge is 2.12. The van der Waals surface area contributed by atoms with Crippen LogP contribution in [0.3, 0.4) is 0 Å². The minimum Gasteiger partial charge on any atom is -0.314 e. The number of rotatable bonds is 7. The molecule has 18 heavy (non-hydrogen) atoms. The molecule has 0 saturated carbocycles. The molecule has 0 aliphatic carbocycles. The molecule has 0 bridgehead atoms. The van der Waals surface area contributed by atoms with Gasteiger partial charge in [-0.15, -0.1) is 12.3 Å². The number of unbranched alkanes of at least 4 members (excludes halogenated alkanes) is 1. The largest absolute Gasteiger partial charge is 0.314 e. The van der Waals surface area contributed by atoms with Crippen molar-refractivity contribution in [1.82, 2.24) is 5.32 Å². The Labute approximate surface area is 114 Å². The average molecular weight is 268 g/mol. The van der Waals surface area contributed by atoms with Gasteiger partial charge in [-0.1, -0.05) is 30.7 Å². The van der Waals surface area contributed by atoms with E-state index in [1.165, 1.54) is 0 Å². The molecule has 0 spiro atoms. The van der Waals surface area contributed by atoms with Crippen molar-refractivity contribution in [2.45, 2.75) is 38.6 Å². The second-order valence-corrected chi connectivity index (χ2v) is 4.68. The molecule has 0 amide bonds. The fourth-order valence-corrected chi connectivity index (χ4v) is 2.18. The molecule has 3 heteroatoms. The highest BCUT2D eigenvalue weighted by Crippen LogP contribution is 2.20. The van der Waals surface area contributed by atoms with Crippen LogP contribution in [0.4, 0.5) is 4.39 Å². The first-order valence-corrected chi connectivity index (χ1v) is 6.66. The predicted molar refractivity (Wildman–Crippen MR) is 75.3 cm³/mol. The van der Waals surface area contributed by atoms with E-state index in [1.54, 1.807) is 18.2 Å². The van der Waals surface area contributed by atoms with Crippen molar-refractivity contribution in [3.63, 3.8) is 0 Å². The van der Waals surface area contributed by atoms with E-state index in [1.807, 2.05) is 6.92 Å². The van der Waals surface area contributed by atoms with Crippen molar-refractivity contribution in [2.75, 3.05) is 6.54 Å². The summed E-state index contributed by atoms with van der Waals surface area (Å²) in [6.45, 7) is 2.91. The Hall–Kier alpha value is -1.04. The highest BCUT2D eigenvalue weighted by atomic mass is 35.5. The first kappa shape index (κ1) is 15.0. The van der Waals surface area contributed by atoms with Gasteiger partial charge in [0.1, 0.15) is 5.82 Å². The van der Waals surface area contributed by atoms with Crippen LogP contribution in [0.15, 0.2) is 18.2 Å². The molecule has 1 N–H and O–H groups in total. The van der Waals surface area contributed by atoms with Crippen LogP contribution in [0.2, 0.25) is 5.02 Å². The van der Waals surface area contributed by atoms with Gasteiger partial charge in [-0.05, 0) is 37.4 Å². The summed E-state index contributed by atoms with van der Waals surface area (Å²) in [5, 5.41) is 3.54. The number of terminal acetylenes is 1. The van der Waals surface area contributed by atoms with Gasteiger partial charge in [0.25, 0.3) is 0 Å². The maximum absolute atomic E-state index is 13.8. The fourth-order valence-electron chi connectivity index (χ4n) is 1.99. The zero-order chi connectivity index (χ0) is 13.4. The van der Waals surface area contributed by atoms with Gasteiger partial charge in [-0.2, -0.15) is 0 Å². The zero-order valence-electron chi connectivity index (χ0n) is 10.7. The van der Waals surface area contributed by atoms with E-state index in [-0.39, 0.29) is 16.9 Å². The van der Waals surface area contributed by atoms with Gasteiger partial charge >= 0.3 is 0 Å². The zero-order valence-corrected chi connectivity index (χ0v) is 11.4. The second-order valence-electron chi connectivity index (χ2n) is 4.27. The Bertz CT molecular complexity index is 411. The number of hydrogen-bond acceptors (Lipinski definition) is 1. The normalized spacial score (nSPS) is 12.1. The van der Waals surface area contributed by atoms with Gasteiger partial charge in [0, 0.05) is 12.5 Å². The topological polar surface area (TPSA) is 12.0 Å². The highest BCUT2D eigenvalue weighted by molar-refractivity contribution is 6.30. The third-order valence-electron chi connectivity index (χ3n) is 2.86. The summed E-state index contributed by atoms with van der Waals surface area (Å²) in [4.78, 5) is 0. The minimum absolute atomic E-state index is 0.186. The number of hydrogen-bond donors (Lipinski definition) is 1. The minimum atomic E-state index is -0.306. The average Bonchev–Trinajstić information content (AvgIpc) is 2.35. The molecule has 1 atom stereocenters. The lowest BCUT2D eigenvalue weighted by Gasteiger charge is -2.18. The van der Waals surface area contributed by atoms with Crippen LogP contribution in [0.1, 0.15) is 31.7 Å². The van der Waals surface area contributed by atoms with Crippen LogP contribution >= 0.6 is 11.6 Å². The molecule has 0 aromatic heterocycles. The van der Waals surface area contributed by atoms with Gasteiger partial charge in [0.2, 0.25) is 0 Å². The van der Waals surface area contributed by atoms with Crippen molar-refractivity contribution < 1.29 is 4.39 Å². The molecule has 1 nitrogen and oxygen atoms in total. The lowest BCUT2D eigenvalue weighted by molar-refractivity contribution is 0.470. The fraction of sp³-hybridized carbons (Fsp3) is 0.467. The van der Waals surface area contributed by atoms with E-state index in [0.29, 0.717) is 12.0 Å². The van der Waals surface area contributed by atoms with Crippen LogP contribution in [-0.4, -0.2) is 12.6 Å². The molecule has 1 aromatic carbocycles. The van der Waals surface area contributed by atoms with Crippen LogP contribution in [0.5, 0.6) is 0 Å². The summed E-state index contributed by atoms with van der Waals surface area (Å²) >= 11 is 5.78. The number of halogens is 2. The van der Waals surface area contributed by atoms with E-state index >= 15 is 0 Å². The first-order valence-electron chi connectivity index (χ1n) is 6.28. The van der Waals surface area contributed by atoms with E-state index in [9.17, 15) is 4.39 Å². The van der Waals surface area contributed by atoms with Gasteiger partial charge in [0.05, 0.1) is 5.02 Å². The monoisotopic (exact) mass is 267 g/mol. The standard InChI is InChI=1S/C15H19ClFN/c1-3-5-6-9-13(18-4-2)11-12-8-7-10-14(16)15(12)17/h1,7-8,10,13,18H,4-6,9,11H2,2H3. The predicted octanol–water partition coefficient (Wildman–Crippen LogP) is 3.80. The molecule has 1 rings (SSSR count). The first-order chi connectivity index (χ1) is 8.69. The summed E-state index contributed by atoms with van der Waals surface area (Å²) < 4.78 is 13.8. The lowest BCUT2D eigenvalue weighted by Crippen LogP contribution is -2.31. The summed E-state index contributed by atoms with van der Waals surface area (Å²) in [6, 6.07) is 5.38. The molecule has 0 aliphatic rings. The molecule has 0 saturated heterocycles. The SMILES string of the molecule is C#CCCCC(Cc1cccc(Cl)c1F)NCC. The third kappa shape index (κ3) is 4.68. The Morgan fingerprint density at radius 2 is 2.28 bits per heavy atom. The van der Waals surface area contributed by atoms with Gasteiger partial charge in [-0.25, -0.2) is 4.39 Å². The second kappa shape index (κ2) is 8.13. The molecular weight excluding hydrogens is 249 g/mol. The third-order valence-corrected chi connectivity index (χ3v) is 3.16. The molecule has 0 heterocycles. The quantitative estimate of drug-likeness (QED) is 0.585. The summed E-state index contributed by atoms with van der Waals surface area (Å²) in [5.74, 6) is 2.32. The molecule has 0 radical (unpaired) electrons. The molecule has 0 aliphatic heterocycles. The molecule has 98 valence electrons. The van der Waals surface area contributed by atoms with Crippen molar-refractivity contribution in [1.29, 1.82) is 0 Å². The van der Waals surface area contributed by atoms with E-state index in [4.69, 9.17) is 18.0 Å². The molecule has 1 unspecified atom stereocenters. The smallest absolute Gasteiger partial charge is 0.145 e. The van der Waals surface area contributed by atoms with Crippen LogP contribution in [0, 0.1) is 18.2 Å². The molecular formula is C15H19ClFN. The Balaban J connectivity index is 2.64. The van der Waals surface area contributed by atoms with Gasteiger partial charge < -0.3 is 5.32 Å². The van der Waals surface area contributed by atoms with E-state index in [2.05, 4.69) is 11.2 Å². The van der Waals surface area contributed by atoms with Crippen LogP contribution in [-0.2, 0) is 6.42 Å².